The van der Waals surface area contributed by atoms with Crippen molar-refractivity contribution in [2.24, 2.45) is 0 Å². The Bertz CT molecular complexity index is 771. The van der Waals surface area contributed by atoms with Gasteiger partial charge in [0.2, 0.25) is 0 Å². The van der Waals surface area contributed by atoms with Crippen molar-refractivity contribution in [3.8, 4) is 0 Å². The number of benzene rings is 1. The first-order chi connectivity index (χ1) is 9.66. The summed E-state index contributed by atoms with van der Waals surface area (Å²) in [4.78, 5) is 8.39. The number of nitrogens with zero attached hydrogens (tertiary/aromatic N) is 2. The number of nitrogens with two attached hydrogens (primary N) is 1. The van der Waals surface area contributed by atoms with E-state index < -0.39 is 0 Å². The highest BCUT2D eigenvalue weighted by atomic mass is 79.9. The molecule has 0 spiro atoms. The van der Waals surface area contributed by atoms with Crippen LogP contribution in [0, 0.1) is 0 Å². The lowest BCUT2D eigenvalue weighted by Gasteiger charge is -2.13. The van der Waals surface area contributed by atoms with Crippen molar-refractivity contribution in [3.05, 3.63) is 52.4 Å². The summed E-state index contributed by atoms with van der Waals surface area (Å²) < 4.78 is 0.788. The number of pyridine rings is 2. The number of aromatic nitrogens is 2. The van der Waals surface area contributed by atoms with Gasteiger partial charge in [0.1, 0.15) is 0 Å². The van der Waals surface area contributed by atoms with E-state index in [0.29, 0.717) is 10.7 Å². The van der Waals surface area contributed by atoms with E-state index in [9.17, 15) is 0 Å². The maximum absolute atomic E-state index is 6.18. The molecule has 0 aliphatic carbocycles. The number of rotatable bonds is 2. The summed E-state index contributed by atoms with van der Waals surface area (Å²) in [5.41, 5.74) is 8.89. The zero-order chi connectivity index (χ0) is 14.1. The number of hydrogen-bond donors (Lipinski definition) is 2. The summed E-state index contributed by atoms with van der Waals surface area (Å²) in [7, 11) is 0. The smallest absolute Gasteiger partial charge is 0.0951 e. The minimum absolute atomic E-state index is 0.554. The van der Waals surface area contributed by atoms with E-state index in [2.05, 4.69) is 31.2 Å². The molecule has 3 aromatic rings. The van der Waals surface area contributed by atoms with Crippen LogP contribution in [0.25, 0.3) is 10.9 Å². The lowest BCUT2D eigenvalue weighted by Crippen LogP contribution is -1.99. The van der Waals surface area contributed by atoms with Gasteiger partial charge in [0.05, 0.1) is 38.3 Å². The quantitative estimate of drug-likeness (QED) is 0.721. The van der Waals surface area contributed by atoms with Gasteiger partial charge in [-0.2, -0.15) is 0 Å². The molecule has 0 aliphatic heterocycles. The van der Waals surface area contributed by atoms with Crippen LogP contribution in [0.1, 0.15) is 0 Å². The van der Waals surface area contributed by atoms with Gasteiger partial charge < -0.3 is 11.1 Å². The fourth-order valence-electron chi connectivity index (χ4n) is 1.96. The van der Waals surface area contributed by atoms with Crippen molar-refractivity contribution in [1.82, 2.24) is 9.97 Å². The summed E-state index contributed by atoms with van der Waals surface area (Å²) in [6.07, 6.45) is 5.01. The summed E-state index contributed by atoms with van der Waals surface area (Å²) in [6, 6.07) is 7.50. The van der Waals surface area contributed by atoms with Gasteiger partial charge in [-0.05, 0) is 40.2 Å². The van der Waals surface area contributed by atoms with E-state index >= 15 is 0 Å². The third-order valence-electron chi connectivity index (χ3n) is 2.91. The molecule has 0 radical (unpaired) electrons. The van der Waals surface area contributed by atoms with Crippen LogP contribution in [-0.4, -0.2) is 9.97 Å². The second-order valence-electron chi connectivity index (χ2n) is 4.21. The average molecular weight is 350 g/mol. The molecule has 6 heteroatoms. The van der Waals surface area contributed by atoms with Crippen LogP contribution in [0.4, 0.5) is 17.1 Å². The van der Waals surface area contributed by atoms with Crippen molar-refractivity contribution < 1.29 is 0 Å². The standard InChI is InChI=1S/C14H10BrClN4/c15-9-6-18-7-11(17)14(9)20-12-4-3-10(16)8-2-1-5-19-13(8)12/h1-7H,17H2,(H,18,20). The Hall–Kier alpha value is -1.85. The molecule has 4 nitrogen and oxygen atoms in total. The van der Waals surface area contributed by atoms with E-state index in [1.54, 1.807) is 18.6 Å². The van der Waals surface area contributed by atoms with Crippen LogP contribution in [-0.2, 0) is 0 Å². The molecule has 1 aromatic carbocycles. The Balaban J connectivity index is 2.14. The van der Waals surface area contributed by atoms with E-state index in [4.69, 9.17) is 17.3 Å². The van der Waals surface area contributed by atoms with Gasteiger partial charge in [0, 0.05) is 17.8 Å². The highest BCUT2D eigenvalue weighted by molar-refractivity contribution is 9.10. The van der Waals surface area contributed by atoms with Gasteiger partial charge in [0.25, 0.3) is 0 Å². The molecule has 100 valence electrons. The first-order valence-electron chi connectivity index (χ1n) is 5.86. The molecule has 20 heavy (non-hydrogen) atoms. The van der Waals surface area contributed by atoms with E-state index in [-0.39, 0.29) is 0 Å². The monoisotopic (exact) mass is 348 g/mol. The molecule has 3 rings (SSSR count). The first-order valence-corrected chi connectivity index (χ1v) is 7.03. The molecule has 2 heterocycles. The van der Waals surface area contributed by atoms with E-state index in [1.807, 2.05) is 24.3 Å². The summed E-state index contributed by atoms with van der Waals surface area (Å²) in [6.45, 7) is 0. The number of nitrogens with one attached hydrogen (secondary N) is 1. The summed E-state index contributed by atoms with van der Waals surface area (Å²) in [5, 5.41) is 4.84. The van der Waals surface area contributed by atoms with Crippen molar-refractivity contribution in [2.45, 2.75) is 0 Å². The van der Waals surface area contributed by atoms with Gasteiger partial charge >= 0.3 is 0 Å². The van der Waals surface area contributed by atoms with Crippen LogP contribution in [0.3, 0.4) is 0 Å². The van der Waals surface area contributed by atoms with Gasteiger partial charge in [-0.1, -0.05) is 11.6 Å². The van der Waals surface area contributed by atoms with Crippen molar-refractivity contribution in [1.29, 1.82) is 0 Å². The molecule has 0 bridgehead atoms. The molecule has 3 N–H and O–H groups in total. The molecule has 0 saturated carbocycles. The maximum Gasteiger partial charge on any atom is 0.0951 e. The van der Waals surface area contributed by atoms with Crippen molar-refractivity contribution >= 4 is 55.5 Å². The third kappa shape index (κ3) is 2.30. The van der Waals surface area contributed by atoms with Crippen LogP contribution < -0.4 is 11.1 Å². The number of halogens is 2. The topological polar surface area (TPSA) is 63.8 Å². The fraction of sp³-hybridized carbons (Fsp3) is 0. The number of anilines is 3. The molecule has 0 fully saturated rings. The van der Waals surface area contributed by atoms with Gasteiger partial charge in [-0.3, -0.25) is 9.97 Å². The minimum atomic E-state index is 0.554. The molecular weight excluding hydrogens is 340 g/mol. The molecule has 2 aromatic heterocycles. The molecule has 0 aliphatic rings. The van der Waals surface area contributed by atoms with Crippen molar-refractivity contribution in [3.63, 3.8) is 0 Å². The highest BCUT2D eigenvalue weighted by Gasteiger charge is 2.09. The number of nitrogen functional groups attached to an aromatic ring is 1. The summed E-state index contributed by atoms with van der Waals surface area (Å²) in [5.74, 6) is 0. The van der Waals surface area contributed by atoms with Gasteiger partial charge in [-0.25, -0.2) is 0 Å². The Morgan fingerprint density at radius 1 is 1.20 bits per heavy atom. The van der Waals surface area contributed by atoms with Crippen LogP contribution in [0.2, 0.25) is 5.02 Å². The first kappa shape index (κ1) is 13.1. The van der Waals surface area contributed by atoms with E-state index in [1.165, 1.54) is 0 Å². The van der Waals surface area contributed by atoms with Crippen LogP contribution >= 0.6 is 27.5 Å². The SMILES string of the molecule is Nc1cncc(Br)c1Nc1ccc(Cl)c2cccnc12. The molecule has 0 atom stereocenters. The Morgan fingerprint density at radius 3 is 2.85 bits per heavy atom. The minimum Gasteiger partial charge on any atom is -0.396 e. The van der Waals surface area contributed by atoms with Crippen LogP contribution in [0.5, 0.6) is 0 Å². The Morgan fingerprint density at radius 2 is 2.05 bits per heavy atom. The fourth-order valence-corrected chi connectivity index (χ4v) is 2.62. The van der Waals surface area contributed by atoms with Crippen LogP contribution in [0.15, 0.2) is 47.3 Å². The molecular formula is C14H10BrClN4. The predicted molar refractivity (Wildman–Crippen MR) is 86.4 cm³/mol. The van der Waals surface area contributed by atoms with Gasteiger partial charge in [-0.15, -0.1) is 0 Å². The number of hydrogen-bond acceptors (Lipinski definition) is 4. The zero-order valence-corrected chi connectivity index (χ0v) is 12.6. The molecule has 0 saturated heterocycles. The molecule has 0 unspecified atom stereocenters. The number of fused-ring (bicyclic) bond motifs is 1. The summed E-state index contributed by atoms with van der Waals surface area (Å²) >= 11 is 9.61. The van der Waals surface area contributed by atoms with E-state index in [0.717, 1.165) is 26.8 Å². The maximum atomic E-state index is 6.18. The molecule has 0 amide bonds. The van der Waals surface area contributed by atoms with Gasteiger partial charge in [0.15, 0.2) is 0 Å². The highest BCUT2D eigenvalue weighted by Crippen LogP contribution is 2.34. The Labute approximate surface area is 129 Å². The second-order valence-corrected chi connectivity index (χ2v) is 5.47. The second kappa shape index (κ2) is 5.26. The third-order valence-corrected chi connectivity index (χ3v) is 3.84. The Kier molecular flexibility index (Phi) is 3.46. The average Bonchev–Trinajstić information content (AvgIpc) is 2.46. The zero-order valence-electron chi connectivity index (χ0n) is 10.3. The lowest BCUT2D eigenvalue weighted by atomic mass is 10.2. The van der Waals surface area contributed by atoms with Crippen molar-refractivity contribution in [2.75, 3.05) is 11.1 Å². The lowest BCUT2D eigenvalue weighted by molar-refractivity contribution is 1.31. The normalized spacial score (nSPS) is 10.7. The largest absolute Gasteiger partial charge is 0.396 e. The predicted octanol–water partition coefficient (Wildman–Crippen LogP) is 4.37.